The molecule has 0 amide bonds. The summed E-state index contributed by atoms with van der Waals surface area (Å²) in [6, 6.07) is 9.60. The van der Waals surface area contributed by atoms with Crippen molar-refractivity contribution < 1.29 is 4.74 Å². The van der Waals surface area contributed by atoms with Gasteiger partial charge in [0.05, 0.1) is 36.5 Å². The Kier molecular flexibility index (Phi) is 4.23. The topological polar surface area (TPSA) is 70.8 Å². The smallest absolute Gasteiger partial charge is 0.224 e. The highest BCUT2D eigenvalue weighted by Crippen LogP contribution is 2.34. The number of hydrogen-bond donors (Lipinski definition) is 1. The summed E-state index contributed by atoms with van der Waals surface area (Å²) in [4.78, 5) is 8.68. The van der Waals surface area contributed by atoms with Gasteiger partial charge in [-0.3, -0.25) is 0 Å². The third kappa shape index (κ3) is 2.76. The molecule has 1 atom stereocenters. The second-order valence-electron chi connectivity index (χ2n) is 5.04. The summed E-state index contributed by atoms with van der Waals surface area (Å²) < 4.78 is 5.72. The number of anilines is 1. The molecule has 0 spiro atoms. The summed E-state index contributed by atoms with van der Waals surface area (Å²) in [6.07, 6.45) is 0. The van der Waals surface area contributed by atoms with E-state index < -0.39 is 0 Å². The van der Waals surface area contributed by atoms with Crippen LogP contribution < -0.4 is 5.32 Å². The quantitative estimate of drug-likeness (QED) is 0.881. The van der Waals surface area contributed by atoms with Gasteiger partial charge in [-0.15, -0.1) is 0 Å². The van der Waals surface area contributed by atoms with E-state index in [9.17, 15) is 0 Å². The van der Waals surface area contributed by atoms with Crippen LogP contribution in [0.5, 0.6) is 0 Å². The molecule has 0 bridgehead atoms. The summed E-state index contributed by atoms with van der Waals surface area (Å²) in [6.45, 7) is 3.77. The van der Waals surface area contributed by atoms with Crippen molar-refractivity contribution >= 4 is 17.4 Å². The number of nitrogens with one attached hydrogen (secondary N) is 1. The largest absolute Gasteiger partial charge is 0.376 e. The molecule has 1 aromatic carbocycles. The van der Waals surface area contributed by atoms with Gasteiger partial charge >= 0.3 is 0 Å². The number of nitrogens with zero attached hydrogens (tertiary/aromatic N) is 3. The average Bonchev–Trinajstić information content (AvgIpc) is 2.55. The monoisotopic (exact) mass is 314 g/mol. The van der Waals surface area contributed by atoms with Crippen LogP contribution in [-0.2, 0) is 11.3 Å². The lowest BCUT2D eigenvalue weighted by Gasteiger charge is -2.26. The maximum Gasteiger partial charge on any atom is 0.224 e. The number of rotatable bonds is 3. The highest BCUT2D eigenvalue weighted by atomic mass is 35.5. The van der Waals surface area contributed by atoms with Crippen molar-refractivity contribution in [3.63, 3.8) is 0 Å². The van der Waals surface area contributed by atoms with Crippen LogP contribution >= 0.6 is 11.6 Å². The predicted octanol–water partition coefficient (Wildman–Crippen LogP) is 3.10. The van der Waals surface area contributed by atoms with Crippen LogP contribution in [-0.4, -0.2) is 23.1 Å². The van der Waals surface area contributed by atoms with Gasteiger partial charge in [0.25, 0.3) is 0 Å². The first-order valence-corrected chi connectivity index (χ1v) is 7.48. The third-order valence-corrected chi connectivity index (χ3v) is 3.83. The van der Waals surface area contributed by atoms with E-state index in [1.54, 1.807) is 12.1 Å². The zero-order chi connectivity index (χ0) is 15.5. The molecule has 0 saturated carbocycles. The Labute approximate surface area is 133 Å². The third-order valence-electron chi connectivity index (χ3n) is 3.66. The van der Waals surface area contributed by atoms with Crippen LogP contribution in [0.1, 0.15) is 35.2 Å². The molecular formula is C16H15ClN4O. The number of ether oxygens (including phenoxy) is 1. The van der Waals surface area contributed by atoms with Crippen LogP contribution in [0.25, 0.3) is 0 Å². The Morgan fingerprint density at radius 1 is 1.36 bits per heavy atom. The first-order valence-electron chi connectivity index (χ1n) is 7.11. The minimum absolute atomic E-state index is 0.00519. The minimum atomic E-state index is -0.00519. The van der Waals surface area contributed by atoms with Crippen molar-refractivity contribution in [2.24, 2.45) is 0 Å². The SMILES string of the molecule is CCNc1nc(Cl)nc2c1COCC2c1ccc(C#N)cc1. The van der Waals surface area contributed by atoms with Crippen molar-refractivity contribution in [3.05, 3.63) is 51.9 Å². The first-order chi connectivity index (χ1) is 10.7. The molecule has 0 radical (unpaired) electrons. The molecule has 1 aromatic heterocycles. The molecule has 112 valence electrons. The Balaban J connectivity index is 2.05. The number of fused-ring (bicyclic) bond motifs is 1. The molecule has 3 rings (SSSR count). The maximum atomic E-state index is 8.91. The second kappa shape index (κ2) is 6.30. The predicted molar refractivity (Wildman–Crippen MR) is 83.9 cm³/mol. The highest BCUT2D eigenvalue weighted by Gasteiger charge is 2.27. The lowest BCUT2D eigenvalue weighted by molar-refractivity contribution is 0.0978. The molecule has 22 heavy (non-hydrogen) atoms. The van der Waals surface area contributed by atoms with Gasteiger partial charge in [-0.05, 0) is 36.2 Å². The van der Waals surface area contributed by atoms with Gasteiger partial charge in [0.2, 0.25) is 5.28 Å². The number of hydrogen-bond acceptors (Lipinski definition) is 5. The van der Waals surface area contributed by atoms with E-state index in [1.165, 1.54) is 0 Å². The van der Waals surface area contributed by atoms with Crippen LogP contribution in [0.4, 0.5) is 5.82 Å². The molecule has 1 aliphatic heterocycles. The molecule has 0 saturated heterocycles. The van der Waals surface area contributed by atoms with E-state index in [1.807, 2.05) is 19.1 Å². The van der Waals surface area contributed by atoms with Gasteiger partial charge in [0.15, 0.2) is 0 Å². The number of nitriles is 1. The van der Waals surface area contributed by atoms with Gasteiger partial charge in [-0.1, -0.05) is 12.1 Å². The van der Waals surface area contributed by atoms with Gasteiger partial charge in [0.1, 0.15) is 5.82 Å². The van der Waals surface area contributed by atoms with Gasteiger partial charge in [-0.2, -0.15) is 5.26 Å². The Bertz CT molecular complexity index is 724. The fourth-order valence-electron chi connectivity index (χ4n) is 2.62. The summed E-state index contributed by atoms with van der Waals surface area (Å²) in [5.41, 5.74) is 3.53. The van der Waals surface area contributed by atoms with E-state index in [2.05, 4.69) is 21.4 Å². The van der Waals surface area contributed by atoms with Crippen LogP contribution in [0.15, 0.2) is 24.3 Å². The molecule has 0 aliphatic carbocycles. The highest BCUT2D eigenvalue weighted by molar-refractivity contribution is 6.28. The van der Waals surface area contributed by atoms with Crippen LogP contribution in [0.2, 0.25) is 5.28 Å². The van der Waals surface area contributed by atoms with Crippen LogP contribution in [0.3, 0.4) is 0 Å². The Hall–Kier alpha value is -2.16. The fourth-order valence-corrected chi connectivity index (χ4v) is 2.79. The van der Waals surface area contributed by atoms with Crippen molar-refractivity contribution in [1.82, 2.24) is 9.97 Å². The first kappa shape index (κ1) is 14.8. The normalized spacial score (nSPS) is 16.7. The van der Waals surface area contributed by atoms with E-state index in [0.717, 1.165) is 29.2 Å². The lowest BCUT2D eigenvalue weighted by atomic mass is 9.91. The van der Waals surface area contributed by atoms with Crippen molar-refractivity contribution in [2.75, 3.05) is 18.5 Å². The van der Waals surface area contributed by atoms with Gasteiger partial charge < -0.3 is 10.1 Å². The molecule has 0 fully saturated rings. The standard InChI is InChI=1S/C16H15ClN4O/c1-2-19-15-13-9-22-8-12(14(13)20-16(17)21-15)11-5-3-10(7-18)4-6-11/h3-6,12H,2,8-9H2,1H3,(H,19,20,21). The molecule has 1 N–H and O–H groups in total. The molecule has 1 aliphatic rings. The van der Waals surface area contributed by atoms with Crippen molar-refractivity contribution in [1.29, 1.82) is 5.26 Å². The van der Waals surface area contributed by atoms with E-state index in [0.29, 0.717) is 18.8 Å². The minimum Gasteiger partial charge on any atom is -0.376 e. The van der Waals surface area contributed by atoms with Gasteiger partial charge in [0, 0.05) is 12.1 Å². The van der Waals surface area contributed by atoms with E-state index >= 15 is 0 Å². The molecule has 5 nitrogen and oxygen atoms in total. The Morgan fingerprint density at radius 2 is 2.14 bits per heavy atom. The average molecular weight is 315 g/mol. The molecule has 2 heterocycles. The summed E-state index contributed by atoms with van der Waals surface area (Å²) in [5, 5.41) is 12.3. The summed E-state index contributed by atoms with van der Waals surface area (Å²) >= 11 is 6.07. The number of halogens is 1. The van der Waals surface area contributed by atoms with Gasteiger partial charge in [-0.25, -0.2) is 9.97 Å². The molecule has 2 aromatic rings. The molecule has 6 heteroatoms. The maximum absolute atomic E-state index is 8.91. The van der Waals surface area contributed by atoms with E-state index in [-0.39, 0.29) is 11.2 Å². The van der Waals surface area contributed by atoms with Crippen molar-refractivity contribution in [3.8, 4) is 6.07 Å². The van der Waals surface area contributed by atoms with E-state index in [4.69, 9.17) is 21.6 Å². The van der Waals surface area contributed by atoms with Crippen molar-refractivity contribution in [2.45, 2.75) is 19.4 Å². The summed E-state index contributed by atoms with van der Waals surface area (Å²) in [5.74, 6) is 0.727. The lowest BCUT2D eigenvalue weighted by Crippen LogP contribution is -2.22. The zero-order valence-electron chi connectivity index (χ0n) is 12.1. The van der Waals surface area contributed by atoms with Crippen LogP contribution in [0, 0.1) is 11.3 Å². The molecular weight excluding hydrogens is 300 g/mol. The Morgan fingerprint density at radius 3 is 2.82 bits per heavy atom. The number of benzene rings is 1. The fraction of sp³-hybridized carbons (Fsp3) is 0.312. The number of aromatic nitrogens is 2. The molecule has 1 unspecified atom stereocenters. The summed E-state index contributed by atoms with van der Waals surface area (Å²) in [7, 11) is 0. The second-order valence-corrected chi connectivity index (χ2v) is 5.37. The zero-order valence-corrected chi connectivity index (χ0v) is 12.9.